The van der Waals surface area contributed by atoms with Gasteiger partial charge in [-0.15, -0.1) is 0 Å². The Morgan fingerprint density at radius 2 is 2.08 bits per heavy atom. The normalized spacial score (nSPS) is 11.6. The number of aromatic carboxylic acids is 1. The Bertz CT molecular complexity index is 343. The van der Waals surface area contributed by atoms with Gasteiger partial charge in [-0.3, -0.25) is 0 Å². The first kappa shape index (κ1) is 9.36. The van der Waals surface area contributed by atoms with Gasteiger partial charge in [0, 0.05) is 0 Å². The largest absolute Gasteiger partial charge is 0.475 e. The summed E-state index contributed by atoms with van der Waals surface area (Å²) in [5.74, 6) is -2.70. The number of rotatable bonds is 1. The van der Waals surface area contributed by atoms with Gasteiger partial charge in [-0.2, -0.15) is 13.2 Å². The number of carboxylic acid groups (broad SMARTS) is 1. The van der Waals surface area contributed by atoms with Crippen LogP contribution in [-0.2, 0) is 6.18 Å². The molecule has 0 aromatic carbocycles. The van der Waals surface area contributed by atoms with Gasteiger partial charge < -0.3 is 15.4 Å². The van der Waals surface area contributed by atoms with Gasteiger partial charge in [0.1, 0.15) is 5.69 Å². The minimum Gasteiger partial charge on any atom is -0.475 e. The lowest BCUT2D eigenvalue weighted by Gasteiger charge is -2.00. The highest BCUT2D eigenvalue weighted by Crippen LogP contribution is 2.33. The van der Waals surface area contributed by atoms with E-state index in [0.717, 1.165) is 0 Å². The summed E-state index contributed by atoms with van der Waals surface area (Å²) in [6.07, 6.45) is -4.80. The number of halogens is 3. The molecule has 1 heterocycles. The summed E-state index contributed by atoms with van der Waals surface area (Å²) in [6.45, 7) is 0. The number of nitrogens with zero attached hydrogens (tertiary/aromatic N) is 1. The molecule has 0 spiro atoms. The maximum atomic E-state index is 11.9. The maximum absolute atomic E-state index is 11.9. The summed E-state index contributed by atoms with van der Waals surface area (Å²) >= 11 is 0. The van der Waals surface area contributed by atoms with Crippen molar-refractivity contribution >= 4 is 11.7 Å². The van der Waals surface area contributed by atoms with E-state index < -0.39 is 29.3 Å². The second-order valence-corrected chi connectivity index (χ2v) is 2.08. The number of nitrogen functional groups attached to an aromatic ring is 1. The Kier molecular flexibility index (Phi) is 1.90. The van der Waals surface area contributed by atoms with Crippen molar-refractivity contribution in [3.63, 3.8) is 0 Å². The number of hydrogen-bond donors (Lipinski definition) is 2. The number of aromatic nitrogens is 1. The summed E-state index contributed by atoms with van der Waals surface area (Å²) in [7, 11) is 0. The first-order valence-electron chi connectivity index (χ1n) is 2.89. The standard InChI is InChI=1S/C5H3F3N2O3/c6-5(7,8)3-1(9)2(4(11)12)13-10-3/h9H2,(H,11,12). The molecule has 0 radical (unpaired) electrons. The van der Waals surface area contributed by atoms with Gasteiger partial charge in [-0.1, -0.05) is 5.16 Å². The highest BCUT2D eigenvalue weighted by Gasteiger charge is 2.39. The number of anilines is 1. The Labute approximate surface area is 68.9 Å². The lowest BCUT2D eigenvalue weighted by Crippen LogP contribution is -2.09. The van der Waals surface area contributed by atoms with E-state index >= 15 is 0 Å². The molecule has 0 saturated heterocycles. The third kappa shape index (κ3) is 1.55. The fourth-order valence-corrected chi connectivity index (χ4v) is 0.656. The molecule has 0 aliphatic heterocycles. The molecule has 0 aliphatic carbocycles. The van der Waals surface area contributed by atoms with Crippen LogP contribution >= 0.6 is 0 Å². The van der Waals surface area contributed by atoms with Crippen LogP contribution in [0.25, 0.3) is 0 Å². The molecule has 0 atom stereocenters. The number of nitrogens with two attached hydrogens (primary N) is 1. The second-order valence-electron chi connectivity index (χ2n) is 2.08. The van der Waals surface area contributed by atoms with Gasteiger partial charge in [-0.05, 0) is 0 Å². The van der Waals surface area contributed by atoms with Gasteiger partial charge >= 0.3 is 12.1 Å². The fourth-order valence-electron chi connectivity index (χ4n) is 0.656. The van der Waals surface area contributed by atoms with Crippen LogP contribution in [0.5, 0.6) is 0 Å². The summed E-state index contributed by atoms with van der Waals surface area (Å²) in [5, 5.41) is 10.8. The zero-order valence-electron chi connectivity index (χ0n) is 5.92. The lowest BCUT2D eigenvalue weighted by atomic mass is 10.3. The van der Waals surface area contributed by atoms with Crippen molar-refractivity contribution in [2.45, 2.75) is 6.18 Å². The molecule has 8 heteroatoms. The van der Waals surface area contributed by atoms with E-state index in [1.54, 1.807) is 0 Å². The molecule has 5 nitrogen and oxygen atoms in total. The van der Waals surface area contributed by atoms with E-state index in [2.05, 4.69) is 9.68 Å². The van der Waals surface area contributed by atoms with Crippen LogP contribution in [0.3, 0.4) is 0 Å². The first-order valence-corrected chi connectivity index (χ1v) is 2.89. The van der Waals surface area contributed by atoms with E-state index in [0.29, 0.717) is 0 Å². The Morgan fingerprint density at radius 3 is 2.31 bits per heavy atom. The molecule has 1 aromatic heterocycles. The Balaban J connectivity index is 3.22. The smallest absolute Gasteiger partial charge is 0.438 e. The molecule has 0 aliphatic rings. The Hall–Kier alpha value is -1.73. The zero-order valence-corrected chi connectivity index (χ0v) is 5.92. The van der Waals surface area contributed by atoms with Gasteiger partial charge in [0.2, 0.25) is 5.69 Å². The second kappa shape index (κ2) is 2.64. The molecule has 0 bridgehead atoms. The van der Waals surface area contributed by atoms with Crippen LogP contribution < -0.4 is 5.73 Å². The van der Waals surface area contributed by atoms with E-state index in [4.69, 9.17) is 10.8 Å². The highest BCUT2D eigenvalue weighted by atomic mass is 19.4. The predicted molar refractivity (Wildman–Crippen MR) is 32.9 cm³/mol. The molecule has 1 rings (SSSR count). The molecule has 0 fully saturated rings. The molecule has 13 heavy (non-hydrogen) atoms. The lowest BCUT2D eigenvalue weighted by molar-refractivity contribution is -0.142. The van der Waals surface area contributed by atoms with E-state index in [1.165, 1.54) is 0 Å². The van der Waals surface area contributed by atoms with Gasteiger partial charge in [-0.25, -0.2) is 4.79 Å². The Morgan fingerprint density at radius 1 is 1.54 bits per heavy atom. The first-order chi connectivity index (χ1) is 5.84. The topological polar surface area (TPSA) is 89.4 Å². The van der Waals surface area contributed by atoms with Crippen LogP contribution in [0, 0.1) is 0 Å². The van der Waals surface area contributed by atoms with E-state index in [9.17, 15) is 18.0 Å². The van der Waals surface area contributed by atoms with Gasteiger partial charge in [0.05, 0.1) is 0 Å². The molecule has 0 amide bonds. The van der Waals surface area contributed by atoms with Crippen molar-refractivity contribution in [2.75, 3.05) is 5.73 Å². The van der Waals surface area contributed by atoms with Crippen LogP contribution in [0.2, 0.25) is 0 Å². The predicted octanol–water partition coefficient (Wildman–Crippen LogP) is 0.974. The monoisotopic (exact) mass is 196 g/mol. The quantitative estimate of drug-likeness (QED) is 0.698. The van der Waals surface area contributed by atoms with Gasteiger partial charge in [0.15, 0.2) is 0 Å². The minimum atomic E-state index is -4.80. The van der Waals surface area contributed by atoms with E-state index in [1.807, 2.05) is 0 Å². The SMILES string of the molecule is Nc1c(C(F)(F)F)noc1C(=O)O. The molecule has 1 aromatic rings. The number of carbonyl (C=O) groups is 1. The highest BCUT2D eigenvalue weighted by molar-refractivity contribution is 5.90. The van der Waals surface area contributed by atoms with Crippen LogP contribution in [0.15, 0.2) is 4.52 Å². The van der Waals surface area contributed by atoms with Crippen molar-refractivity contribution in [2.24, 2.45) is 0 Å². The molecular weight excluding hydrogens is 193 g/mol. The van der Waals surface area contributed by atoms with Crippen molar-refractivity contribution in [3.05, 3.63) is 11.5 Å². The van der Waals surface area contributed by atoms with Crippen LogP contribution in [0.4, 0.5) is 18.9 Å². The molecule has 0 saturated carbocycles. The fraction of sp³-hybridized carbons (Fsp3) is 0.200. The van der Waals surface area contributed by atoms with Crippen LogP contribution in [-0.4, -0.2) is 16.2 Å². The van der Waals surface area contributed by atoms with E-state index in [-0.39, 0.29) is 0 Å². The molecule has 0 unspecified atom stereocenters. The zero-order chi connectivity index (χ0) is 10.2. The number of alkyl halides is 3. The average Bonchev–Trinajstić information content (AvgIpc) is 2.28. The summed E-state index contributed by atoms with van der Waals surface area (Å²) in [6, 6.07) is 0. The van der Waals surface area contributed by atoms with Crippen molar-refractivity contribution in [1.82, 2.24) is 5.16 Å². The maximum Gasteiger partial charge on any atom is 0.438 e. The third-order valence-electron chi connectivity index (χ3n) is 1.19. The summed E-state index contributed by atoms with van der Waals surface area (Å²) in [4.78, 5) is 10.2. The number of hydrogen-bond acceptors (Lipinski definition) is 4. The van der Waals surface area contributed by atoms with Crippen molar-refractivity contribution in [1.29, 1.82) is 0 Å². The average molecular weight is 196 g/mol. The molecule has 3 N–H and O–H groups in total. The summed E-state index contributed by atoms with van der Waals surface area (Å²) in [5.41, 5.74) is 2.30. The number of carboxylic acids is 1. The third-order valence-corrected chi connectivity index (χ3v) is 1.19. The molecular formula is C5H3F3N2O3. The molecule has 72 valence electrons. The van der Waals surface area contributed by atoms with Crippen LogP contribution in [0.1, 0.15) is 16.2 Å². The van der Waals surface area contributed by atoms with Crippen molar-refractivity contribution in [3.8, 4) is 0 Å². The summed E-state index contributed by atoms with van der Waals surface area (Å²) < 4.78 is 39.7. The van der Waals surface area contributed by atoms with Crippen molar-refractivity contribution < 1.29 is 27.6 Å². The van der Waals surface area contributed by atoms with Gasteiger partial charge in [0.25, 0.3) is 5.76 Å². The minimum absolute atomic E-state index is 1.01.